The highest BCUT2D eigenvalue weighted by Gasteiger charge is 2.06. The second kappa shape index (κ2) is 9.24. The molecule has 144 valence electrons. The van der Waals surface area contributed by atoms with E-state index in [1.54, 1.807) is 24.4 Å². The number of nitrogens with one attached hydrogen (secondary N) is 2. The van der Waals surface area contributed by atoms with Gasteiger partial charge in [0, 0.05) is 10.7 Å². The van der Waals surface area contributed by atoms with E-state index in [1.807, 2.05) is 56.3 Å². The van der Waals surface area contributed by atoms with Gasteiger partial charge in [-0.15, -0.1) is 0 Å². The van der Waals surface area contributed by atoms with Crippen molar-refractivity contribution in [2.45, 2.75) is 26.4 Å². The van der Waals surface area contributed by atoms with E-state index in [1.165, 1.54) is 0 Å². The van der Waals surface area contributed by atoms with Crippen molar-refractivity contribution in [2.24, 2.45) is 0 Å². The lowest BCUT2D eigenvalue weighted by molar-refractivity contribution is -0.115. The van der Waals surface area contributed by atoms with E-state index in [0.717, 1.165) is 22.7 Å². The number of ether oxygens (including phenoxy) is 1. The zero-order valence-electron chi connectivity index (χ0n) is 15.8. The molecule has 0 saturated carbocycles. The van der Waals surface area contributed by atoms with Crippen molar-refractivity contribution in [3.8, 4) is 5.75 Å². The van der Waals surface area contributed by atoms with Crippen LogP contribution in [0.15, 0.2) is 66.9 Å². The van der Waals surface area contributed by atoms with E-state index in [4.69, 9.17) is 16.3 Å². The Morgan fingerprint density at radius 1 is 1.00 bits per heavy atom. The summed E-state index contributed by atoms with van der Waals surface area (Å²) in [6, 6.07) is 18.6. The fourth-order valence-corrected chi connectivity index (χ4v) is 2.70. The molecule has 0 saturated heterocycles. The number of hydrogen-bond donors (Lipinski definition) is 2. The van der Waals surface area contributed by atoms with Crippen molar-refractivity contribution in [3.63, 3.8) is 0 Å². The fourth-order valence-electron chi connectivity index (χ4n) is 2.57. The van der Waals surface area contributed by atoms with Crippen LogP contribution in [0.4, 0.5) is 17.2 Å². The highest BCUT2D eigenvalue weighted by Crippen LogP contribution is 2.21. The van der Waals surface area contributed by atoms with Gasteiger partial charge in [0.05, 0.1) is 24.4 Å². The van der Waals surface area contributed by atoms with Gasteiger partial charge in [-0.25, -0.2) is 4.98 Å². The molecule has 0 aliphatic heterocycles. The maximum absolute atomic E-state index is 12.1. The smallest absolute Gasteiger partial charge is 0.229 e. The van der Waals surface area contributed by atoms with Gasteiger partial charge in [-0.3, -0.25) is 4.79 Å². The normalized spacial score (nSPS) is 10.6. The summed E-state index contributed by atoms with van der Waals surface area (Å²) in [4.78, 5) is 16.4. The van der Waals surface area contributed by atoms with Crippen LogP contribution >= 0.6 is 11.6 Å². The van der Waals surface area contributed by atoms with Crippen molar-refractivity contribution in [1.82, 2.24) is 4.98 Å². The quantitative estimate of drug-likeness (QED) is 0.558. The van der Waals surface area contributed by atoms with Gasteiger partial charge in [-0.1, -0.05) is 23.7 Å². The first-order chi connectivity index (χ1) is 13.5. The minimum Gasteiger partial charge on any atom is -0.491 e. The van der Waals surface area contributed by atoms with E-state index >= 15 is 0 Å². The van der Waals surface area contributed by atoms with Gasteiger partial charge in [0.1, 0.15) is 11.6 Å². The third-order valence-corrected chi connectivity index (χ3v) is 4.08. The number of nitrogens with zero attached hydrogens (tertiary/aromatic N) is 1. The first-order valence-electron chi connectivity index (χ1n) is 9.02. The minimum absolute atomic E-state index is 0.128. The predicted molar refractivity (Wildman–Crippen MR) is 114 cm³/mol. The molecular formula is C22H22ClN3O2. The Kier molecular flexibility index (Phi) is 6.50. The molecule has 28 heavy (non-hydrogen) atoms. The molecule has 0 bridgehead atoms. The highest BCUT2D eigenvalue weighted by molar-refractivity contribution is 6.30. The minimum atomic E-state index is -0.128. The number of anilines is 3. The van der Waals surface area contributed by atoms with E-state index < -0.39 is 0 Å². The lowest BCUT2D eigenvalue weighted by atomic mass is 10.1. The molecule has 1 aromatic heterocycles. The number of carbonyl (C=O) groups is 1. The predicted octanol–water partition coefficient (Wildman–Crippen LogP) is 5.45. The Morgan fingerprint density at radius 2 is 1.68 bits per heavy atom. The van der Waals surface area contributed by atoms with Crippen LogP contribution < -0.4 is 15.4 Å². The summed E-state index contributed by atoms with van der Waals surface area (Å²) >= 11 is 5.86. The van der Waals surface area contributed by atoms with Crippen molar-refractivity contribution < 1.29 is 9.53 Å². The largest absolute Gasteiger partial charge is 0.491 e. The average Bonchev–Trinajstić information content (AvgIpc) is 2.66. The summed E-state index contributed by atoms with van der Waals surface area (Å²) in [5.74, 6) is 1.21. The lowest BCUT2D eigenvalue weighted by Gasteiger charge is -2.11. The first kappa shape index (κ1) is 19.7. The third kappa shape index (κ3) is 5.99. The van der Waals surface area contributed by atoms with Gasteiger partial charge in [0.15, 0.2) is 0 Å². The Labute approximate surface area is 169 Å². The zero-order chi connectivity index (χ0) is 19.9. The standard InChI is InChI=1S/C22H22ClN3O2/c1-15(2)28-20-10-7-18(8-11-20)25-19-9-12-21(24-14-19)26-22(27)13-16-3-5-17(23)6-4-16/h3-12,14-15,25H,13H2,1-2H3,(H,24,26,27). The van der Waals surface area contributed by atoms with Gasteiger partial charge in [0.2, 0.25) is 5.91 Å². The van der Waals surface area contributed by atoms with Gasteiger partial charge in [-0.05, 0) is 67.9 Å². The second-order valence-electron chi connectivity index (χ2n) is 6.60. The molecule has 6 heteroatoms. The number of rotatable bonds is 7. The lowest BCUT2D eigenvalue weighted by Crippen LogP contribution is -2.15. The van der Waals surface area contributed by atoms with Gasteiger partial charge < -0.3 is 15.4 Å². The fraction of sp³-hybridized carbons (Fsp3) is 0.182. The van der Waals surface area contributed by atoms with E-state index in [2.05, 4.69) is 15.6 Å². The highest BCUT2D eigenvalue weighted by atomic mass is 35.5. The third-order valence-electron chi connectivity index (χ3n) is 3.82. The molecule has 0 aliphatic carbocycles. The molecule has 0 unspecified atom stereocenters. The summed E-state index contributed by atoms with van der Waals surface area (Å²) in [6.07, 6.45) is 2.09. The summed E-state index contributed by atoms with van der Waals surface area (Å²) in [7, 11) is 0. The maximum Gasteiger partial charge on any atom is 0.229 e. The van der Waals surface area contributed by atoms with Crippen LogP contribution in [-0.4, -0.2) is 17.0 Å². The van der Waals surface area contributed by atoms with Crippen LogP contribution in [0.25, 0.3) is 0 Å². The molecule has 2 N–H and O–H groups in total. The first-order valence-corrected chi connectivity index (χ1v) is 9.40. The van der Waals surface area contributed by atoms with Crippen molar-refractivity contribution in [3.05, 3.63) is 77.4 Å². The monoisotopic (exact) mass is 395 g/mol. The van der Waals surface area contributed by atoms with Crippen LogP contribution in [0.3, 0.4) is 0 Å². The molecule has 2 aromatic carbocycles. The number of halogens is 1. The Bertz CT molecular complexity index is 908. The molecule has 0 atom stereocenters. The average molecular weight is 396 g/mol. The summed E-state index contributed by atoms with van der Waals surface area (Å²) in [5, 5.41) is 6.71. The second-order valence-corrected chi connectivity index (χ2v) is 7.04. The van der Waals surface area contributed by atoms with E-state index in [9.17, 15) is 4.79 Å². The zero-order valence-corrected chi connectivity index (χ0v) is 16.5. The van der Waals surface area contributed by atoms with Gasteiger partial charge in [-0.2, -0.15) is 0 Å². The van der Waals surface area contributed by atoms with E-state index in [-0.39, 0.29) is 18.4 Å². The van der Waals surface area contributed by atoms with Crippen LogP contribution in [0, 0.1) is 0 Å². The summed E-state index contributed by atoms with van der Waals surface area (Å²) in [6.45, 7) is 3.99. The number of pyridine rings is 1. The van der Waals surface area contributed by atoms with Crippen LogP contribution in [0.1, 0.15) is 19.4 Å². The topological polar surface area (TPSA) is 63.2 Å². The molecular weight excluding hydrogens is 374 g/mol. The molecule has 1 heterocycles. The molecule has 5 nitrogen and oxygen atoms in total. The van der Waals surface area contributed by atoms with Gasteiger partial charge in [0.25, 0.3) is 0 Å². The van der Waals surface area contributed by atoms with Crippen molar-refractivity contribution in [1.29, 1.82) is 0 Å². The maximum atomic E-state index is 12.1. The Morgan fingerprint density at radius 3 is 2.29 bits per heavy atom. The van der Waals surface area contributed by atoms with Crippen LogP contribution in [0.2, 0.25) is 5.02 Å². The van der Waals surface area contributed by atoms with Crippen molar-refractivity contribution >= 4 is 34.7 Å². The van der Waals surface area contributed by atoms with Crippen LogP contribution in [0.5, 0.6) is 5.75 Å². The number of carbonyl (C=O) groups excluding carboxylic acids is 1. The van der Waals surface area contributed by atoms with Crippen LogP contribution in [-0.2, 0) is 11.2 Å². The number of benzene rings is 2. The molecule has 0 aliphatic rings. The molecule has 0 radical (unpaired) electrons. The number of hydrogen-bond acceptors (Lipinski definition) is 4. The van der Waals surface area contributed by atoms with Gasteiger partial charge >= 0.3 is 0 Å². The molecule has 3 aromatic rings. The van der Waals surface area contributed by atoms with Crippen molar-refractivity contribution in [2.75, 3.05) is 10.6 Å². The number of amides is 1. The SMILES string of the molecule is CC(C)Oc1ccc(Nc2ccc(NC(=O)Cc3ccc(Cl)cc3)nc2)cc1. The summed E-state index contributed by atoms with van der Waals surface area (Å²) in [5.41, 5.74) is 2.65. The number of aromatic nitrogens is 1. The van der Waals surface area contributed by atoms with E-state index in [0.29, 0.717) is 10.8 Å². The molecule has 0 fully saturated rings. The molecule has 0 spiro atoms. The molecule has 1 amide bonds. The summed E-state index contributed by atoms with van der Waals surface area (Å²) < 4.78 is 5.63. The Hall–Kier alpha value is -3.05. The molecule has 3 rings (SSSR count). The Balaban J connectivity index is 1.54.